The number of rotatable bonds is 8. The number of hydrogen-bond acceptors (Lipinski definition) is 4. The van der Waals surface area contributed by atoms with Crippen LogP contribution in [0.5, 0.6) is 0 Å². The van der Waals surface area contributed by atoms with Crippen LogP contribution in [-0.2, 0) is 11.3 Å². The van der Waals surface area contributed by atoms with Crippen molar-refractivity contribution >= 4 is 5.69 Å². The van der Waals surface area contributed by atoms with E-state index in [0.717, 1.165) is 12.2 Å². The Morgan fingerprint density at radius 2 is 2.44 bits per heavy atom. The molecule has 0 amide bonds. The van der Waals surface area contributed by atoms with Crippen molar-refractivity contribution in [3.8, 4) is 12.3 Å². The number of ether oxygens (including phenoxy) is 1. The average molecular weight is 223 g/mol. The minimum Gasteiger partial charge on any atom is -0.394 e. The minimum atomic E-state index is 0.0536. The summed E-state index contributed by atoms with van der Waals surface area (Å²) < 4.78 is 6.92. The lowest BCUT2D eigenvalue weighted by Crippen LogP contribution is -2.08. The second kappa shape index (κ2) is 7.74. The summed E-state index contributed by atoms with van der Waals surface area (Å²) in [5, 5.41) is 15.8. The first-order valence-corrected chi connectivity index (χ1v) is 5.25. The normalized spacial score (nSPS) is 10.0. The summed E-state index contributed by atoms with van der Waals surface area (Å²) >= 11 is 0. The van der Waals surface area contributed by atoms with Crippen LogP contribution >= 0.6 is 0 Å². The molecule has 0 unspecified atom stereocenters. The summed E-state index contributed by atoms with van der Waals surface area (Å²) in [6.07, 6.45) is 9.50. The molecule has 1 aromatic heterocycles. The van der Waals surface area contributed by atoms with E-state index in [1.807, 2.05) is 6.20 Å². The zero-order valence-electron chi connectivity index (χ0n) is 9.22. The SMILES string of the molecule is C#CCCNc1cnn(CCOCCO)c1. The first kappa shape index (κ1) is 12.6. The van der Waals surface area contributed by atoms with Gasteiger partial charge in [-0.15, -0.1) is 12.3 Å². The van der Waals surface area contributed by atoms with Crippen LogP contribution in [0.25, 0.3) is 0 Å². The number of nitrogens with zero attached hydrogens (tertiary/aromatic N) is 2. The summed E-state index contributed by atoms with van der Waals surface area (Å²) in [6.45, 7) is 2.40. The Kier molecular flexibility index (Phi) is 6.07. The Morgan fingerprint density at radius 1 is 1.56 bits per heavy atom. The number of hydrogen-bond donors (Lipinski definition) is 2. The van der Waals surface area contributed by atoms with E-state index in [-0.39, 0.29) is 6.61 Å². The van der Waals surface area contributed by atoms with Crippen LogP contribution in [0.4, 0.5) is 5.69 Å². The Bertz CT molecular complexity index is 330. The van der Waals surface area contributed by atoms with Crippen LogP contribution in [0.2, 0.25) is 0 Å². The van der Waals surface area contributed by atoms with Crippen molar-refractivity contribution in [2.24, 2.45) is 0 Å². The molecule has 0 aliphatic heterocycles. The Labute approximate surface area is 95.4 Å². The standard InChI is InChI=1S/C11H17N3O2/c1-2-3-4-12-11-9-13-14(10-11)5-7-16-8-6-15/h1,9-10,12,15H,3-8H2. The van der Waals surface area contributed by atoms with Crippen molar-refractivity contribution in [2.75, 3.05) is 31.7 Å². The maximum Gasteiger partial charge on any atom is 0.0726 e. The van der Waals surface area contributed by atoms with Crippen LogP contribution in [0.1, 0.15) is 6.42 Å². The van der Waals surface area contributed by atoms with Crippen LogP contribution < -0.4 is 5.32 Å². The highest BCUT2D eigenvalue weighted by atomic mass is 16.5. The van der Waals surface area contributed by atoms with Gasteiger partial charge in [0.25, 0.3) is 0 Å². The predicted octanol–water partition coefficient (Wildman–Crippen LogP) is 0.327. The molecule has 0 radical (unpaired) electrons. The highest BCUT2D eigenvalue weighted by Gasteiger charge is 1.97. The summed E-state index contributed by atoms with van der Waals surface area (Å²) in [5.41, 5.74) is 0.956. The van der Waals surface area contributed by atoms with Gasteiger partial charge in [0.05, 0.1) is 38.2 Å². The van der Waals surface area contributed by atoms with Crippen LogP contribution in [0, 0.1) is 12.3 Å². The molecule has 5 heteroatoms. The van der Waals surface area contributed by atoms with Gasteiger partial charge in [0.15, 0.2) is 0 Å². The Hall–Kier alpha value is -1.51. The van der Waals surface area contributed by atoms with Gasteiger partial charge in [-0.25, -0.2) is 0 Å². The fourth-order valence-corrected chi connectivity index (χ4v) is 1.18. The number of terminal acetylenes is 1. The molecule has 0 fully saturated rings. The molecule has 1 aromatic rings. The van der Waals surface area contributed by atoms with Crippen LogP contribution in [0.15, 0.2) is 12.4 Å². The Balaban J connectivity index is 2.20. The largest absolute Gasteiger partial charge is 0.394 e. The maximum atomic E-state index is 8.51. The van der Waals surface area contributed by atoms with Gasteiger partial charge in [0, 0.05) is 19.2 Å². The quantitative estimate of drug-likeness (QED) is 0.492. The van der Waals surface area contributed by atoms with Gasteiger partial charge in [-0.3, -0.25) is 4.68 Å². The fourth-order valence-electron chi connectivity index (χ4n) is 1.18. The fraction of sp³-hybridized carbons (Fsp3) is 0.545. The smallest absolute Gasteiger partial charge is 0.0726 e. The highest BCUT2D eigenvalue weighted by Crippen LogP contribution is 2.04. The minimum absolute atomic E-state index is 0.0536. The van der Waals surface area contributed by atoms with E-state index in [4.69, 9.17) is 16.3 Å². The molecule has 0 aliphatic carbocycles. The molecule has 0 aromatic carbocycles. The average Bonchev–Trinajstić information content (AvgIpc) is 2.73. The summed E-state index contributed by atoms with van der Waals surface area (Å²) in [6, 6.07) is 0. The number of anilines is 1. The van der Waals surface area contributed by atoms with Gasteiger partial charge in [-0.05, 0) is 0 Å². The third kappa shape index (κ3) is 4.82. The molecule has 0 saturated heterocycles. The number of aliphatic hydroxyl groups is 1. The summed E-state index contributed by atoms with van der Waals surface area (Å²) in [7, 11) is 0. The molecular weight excluding hydrogens is 206 g/mol. The monoisotopic (exact) mass is 223 g/mol. The molecule has 0 saturated carbocycles. The van der Waals surface area contributed by atoms with E-state index >= 15 is 0 Å². The predicted molar refractivity (Wildman–Crippen MR) is 62.1 cm³/mol. The first-order valence-electron chi connectivity index (χ1n) is 5.25. The van der Waals surface area contributed by atoms with Crippen LogP contribution in [0.3, 0.4) is 0 Å². The maximum absolute atomic E-state index is 8.51. The van der Waals surface area contributed by atoms with Gasteiger partial charge in [0.1, 0.15) is 0 Å². The number of aromatic nitrogens is 2. The van der Waals surface area contributed by atoms with E-state index in [9.17, 15) is 0 Å². The van der Waals surface area contributed by atoms with Gasteiger partial charge >= 0.3 is 0 Å². The van der Waals surface area contributed by atoms with Crippen molar-refractivity contribution in [3.63, 3.8) is 0 Å². The third-order valence-corrected chi connectivity index (χ3v) is 1.93. The first-order chi connectivity index (χ1) is 7.86. The van der Waals surface area contributed by atoms with E-state index in [1.54, 1.807) is 10.9 Å². The molecule has 5 nitrogen and oxygen atoms in total. The zero-order valence-corrected chi connectivity index (χ0v) is 9.22. The summed E-state index contributed by atoms with van der Waals surface area (Å²) in [4.78, 5) is 0. The lowest BCUT2D eigenvalue weighted by Gasteiger charge is -2.02. The number of aliphatic hydroxyl groups excluding tert-OH is 1. The van der Waals surface area contributed by atoms with Crippen molar-refractivity contribution < 1.29 is 9.84 Å². The molecular formula is C11H17N3O2. The molecule has 0 spiro atoms. The van der Waals surface area contributed by atoms with Crippen LogP contribution in [-0.4, -0.2) is 41.3 Å². The third-order valence-electron chi connectivity index (χ3n) is 1.93. The zero-order chi connectivity index (χ0) is 11.6. The van der Waals surface area contributed by atoms with Gasteiger partial charge in [0.2, 0.25) is 0 Å². The van der Waals surface area contributed by atoms with E-state index in [1.165, 1.54) is 0 Å². The lowest BCUT2D eigenvalue weighted by molar-refractivity contribution is 0.0854. The molecule has 1 heterocycles. The van der Waals surface area contributed by atoms with Crippen molar-refractivity contribution in [2.45, 2.75) is 13.0 Å². The lowest BCUT2D eigenvalue weighted by atomic mass is 10.4. The molecule has 16 heavy (non-hydrogen) atoms. The molecule has 0 bridgehead atoms. The van der Waals surface area contributed by atoms with Crippen molar-refractivity contribution in [1.29, 1.82) is 0 Å². The second-order valence-electron chi connectivity index (χ2n) is 3.21. The van der Waals surface area contributed by atoms with Gasteiger partial charge in [-0.2, -0.15) is 5.10 Å². The molecule has 1 rings (SSSR count). The highest BCUT2D eigenvalue weighted by molar-refractivity contribution is 5.38. The van der Waals surface area contributed by atoms with Gasteiger partial charge < -0.3 is 15.2 Å². The molecule has 0 atom stereocenters. The summed E-state index contributed by atoms with van der Waals surface area (Å²) in [5.74, 6) is 2.56. The van der Waals surface area contributed by atoms with E-state index in [2.05, 4.69) is 16.3 Å². The molecule has 88 valence electrons. The molecule has 0 aliphatic rings. The Morgan fingerprint density at radius 3 is 3.19 bits per heavy atom. The molecule has 2 N–H and O–H groups in total. The van der Waals surface area contributed by atoms with Crippen molar-refractivity contribution in [1.82, 2.24) is 9.78 Å². The van der Waals surface area contributed by atoms with E-state index in [0.29, 0.717) is 26.2 Å². The van der Waals surface area contributed by atoms with Gasteiger partial charge in [-0.1, -0.05) is 0 Å². The van der Waals surface area contributed by atoms with Crippen molar-refractivity contribution in [3.05, 3.63) is 12.4 Å². The second-order valence-corrected chi connectivity index (χ2v) is 3.21. The number of nitrogens with one attached hydrogen (secondary N) is 1. The topological polar surface area (TPSA) is 59.3 Å². The van der Waals surface area contributed by atoms with E-state index < -0.39 is 0 Å².